The van der Waals surface area contributed by atoms with Crippen molar-refractivity contribution in [2.45, 2.75) is 6.92 Å². The first-order valence-corrected chi connectivity index (χ1v) is 8.65. The minimum Gasteiger partial charge on any atom is -0.495 e. The molecule has 0 saturated heterocycles. The number of anilines is 1. The zero-order valence-corrected chi connectivity index (χ0v) is 15.6. The van der Waals surface area contributed by atoms with Crippen LogP contribution in [-0.2, 0) is 4.79 Å². The Morgan fingerprint density at radius 2 is 1.68 bits per heavy atom. The van der Waals surface area contributed by atoms with E-state index in [4.69, 9.17) is 9.15 Å². The summed E-state index contributed by atoms with van der Waals surface area (Å²) in [4.78, 5) is 25.4. The second-order valence-corrected chi connectivity index (χ2v) is 5.98. The summed E-state index contributed by atoms with van der Waals surface area (Å²) in [5.74, 6) is 0.771. The molecule has 0 bridgehead atoms. The summed E-state index contributed by atoms with van der Waals surface area (Å²) in [6.45, 7) is 1.80. The number of carbonyl (C=O) groups excluding carboxylic acids is 2. The zero-order valence-electron chi connectivity index (χ0n) is 15.6. The zero-order chi connectivity index (χ0) is 19.9. The monoisotopic (exact) mass is 376 g/mol. The van der Waals surface area contributed by atoms with Crippen LogP contribution in [0.25, 0.3) is 6.08 Å². The Morgan fingerprint density at radius 3 is 2.36 bits per heavy atom. The first-order valence-electron chi connectivity index (χ1n) is 8.65. The highest BCUT2D eigenvalue weighted by Crippen LogP contribution is 2.23. The summed E-state index contributed by atoms with van der Waals surface area (Å²) >= 11 is 0. The molecule has 0 unspecified atom stereocenters. The number of ether oxygens (including phenoxy) is 1. The molecule has 0 aliphatic heterocycles. The Labute approximate surface area is 162 Å². The highest BCUT2D eigenvalue weighted by molar-refractivity contribution is 6.11. The van der Waals surface area contributed by atoms with E-state index >= 15 is 0 Å². The molecule has 3 aromatic rings. The van der Waals surface area contributed by atoms with Gasteiger partial charge < -0.3 is 19.8 Å². The molecule has 2 amide bonds. The fraction of sp³-hybridized carbons (Fsp3) is 0.0909. The summed E-state index contributed by atoms with van der Waals surface area (Å²) in [5.41, 5.74) is 0.980. The summed E-state index contributed by atoms with van der Waals surface area (Å²) in [6, 6.07) is 19.2. The Balaban J connectivity index is 1.88. The number of hydrogen-bond acceptors (Lipinski definition) is 4. The predicted octanol–water partition coefficient (Wildman–Crippen LogP) is 4.01. The van der Waals surface area contributed by atoms with Crippen LogP contribution in [0.5, 0.6) is 5.75 Å². The van der Waals surface area contributed by atoms with Gasteiger partial charge in [0.2, 0.25) is 0 Å². The van der Waals surface area contributed by atoms with E-state index < -0.39 is 11.8 Å². The van der Waals surface area contributed by atoms with Gasteiger partial charge in [0.15, 0.2) is 0 Å². The number of hydrogen-bond donors (Lipinski definition) is 2. The molecule has 2 N–H and O–H groups in total. The van der Waals surface area contributed by atoms with Gasteiger partial charge in [-0.2, -0.15) is 0 Å². The number of carbonyl (C=O) groups is 2. The van der Waals surface area contributed by atoms with Crippen LogP contribution in [-0.4, -0.2) is 18.9 Å². The normalized spacial score (nSPS) is 11.0. The number of para-hydroxylation sites is 2. The van der Waals surface area contributed by atoms with Crippen LogP contribution in [0.2, 0.25) is 0 Å². The van der Waals surface area contributed by atoms with Crippen molar-refractivity contribution in [2.75, 3.05) is 12.4 Å². The van der Waals surface area contributed by atoms with Gasteiger partial charge in [0, 0.05) is 11.6 Å². The third-order valence-corrected chi connectivity index (χ3v) is 3.93. The minimum atomic E-state index is -0.497. The van der Waals surface area contributed by atoms with Crippen LogP contribution in [0, 0.1) is 6.92 Å². The van der Waals surface area contributed by atoms with Crippen molar-refractivity contribution < 1.29 is 18.7 Å². The lowest BCUT2D eigenvalue weighted by Crippen LogP contribution is -2.30. The van der Waals surface area contributed by atoms with E-state index in [0.29, 0.717) is 28.5 Å². The SMILES string of the molecule is COc1ccccc1NC(=O)/C(=C/c1ccc(C)o1)NC(=O)c1ccccc1. The Hall–Kier alpha value is -3.80. The summed E-state index contributed by atoms with van der Waals surface area (Å²) in [5, 5.41) is 5.41. The molecule has 28 heavy (non-hydrogen) atoms. The van der Waals surface area contributed by atoms with Gasteiger partial charge in [0.05, 0.1) is 12.8 Å². The first-order chi connectivity index (χ1) is 13.6. The van der Waals surface area contributed by atoms with Gasteiger partial charge in [-0.1, -0.05) is 30.3 Å². The number of nitrogens with one attached hydrogen (secondary N) is 2. The number of benzene rings is 2. The second kappa shape index (κ2) is 8.73. The Kier molecular flexibility index (Phi) is 5.91. The Bertz CT molecular complexity index is 1010. The second-order valence-electron chi connectivity index (χ2n) is 5.98. The van der Waals surface area contributed by atoms with Crippen LogP contribution < -0.4 is 15.4 Å². The highest BCUT2D eigenvalue weighted by Gasteiger charge is 2.17. The van der Waals surface area contributed by atoms with Crippen LogP contribution in [0.1, 0.15) is 21.9 Å². The van der Waals surface area contributed by atoms with Crippen molar-refractivity contribution in [1.29, 1.82) is 0 Å². The molecule has 0 aliphatic rings. The molecular formula is C22H20N2O4. The molecular weight excluding hydrogens is 356 g/mol. The molecule has 0 radical (unpaired) electrons. The maximum atomic E-state index is 12.9. The van der Waals surface area contributed by atoms with Crippen molar-refractivity contribution in [3.63, 3.8) is 0 Å². The molecule has 0 saturated carbocycles. The maximum Gasteiger partial charge on any atom is 0.272 e. The van der Waals surface area contributed by atoms with Crippen molar-refractivity contribution in [3.05, 3.63) is 89.5 Å². The molecule has 3 rings (SSSR count). The molecule has 6 heteroatoms. The predicted molar refractivity (Wildman–Crippen MR) is 107 cm³/mol. The quantitative estimate of drug-likeness (QED) is 0.637. The van der Waals surface area contributed by atoms with E-state index in [0.717, 1.165) is 0 Å². The lowest BCUT2D eigenvalue weighted by Gasteiger charge is -2.13. The van der Waals surface area contributed by atoms with Gasteiger partial charge in [0.1, 0.15) is 23.0 Å². The fourth-order valence-corrected chi connectivity index (χ4v) is 2.55. The van der Waals surface area contributed by atoms with E-state index in [1.807, 2.05) is 6.07 Å². The summed E-state index contributed by atoms with van der Waals surface area (Å²) in [7, 11) is 1.52. The third-order valence-electron chi connectivity index (χ3n) is 3.93. The van der Waals surface area contributed by atoms with Crippen LogP contribution >= 0.6 is 0 Å². The maximum absolute atomic E-state index is 12.9. The Morgan fingerprint density at radius 1 is 0.964 bits per heavy atom. The van der Waals surface area contributed by atoms with E-state index in [1.165, 1.54) is 13.2 Å². The minimum absolute atomic E-state index is 0.0501. The van der Waals surface area contributed by atoms with E-state index in [9.17, 15) is 9.59 Å². The van der Waals surface area contributed by atoms with E-state index in [1.54, 1.807) is 67.6 Å². The number of methoxy groups -OCH3 is 1. The number of amides is 2. The molecule has 2 aromatic carbocycles. The number of furan rings is 1. The topological polar surface area (TPSA) is 80.6 Å². The average Bonchev–Trinajstić information content (AvgIpc) is 3.13. The lowest BCUT2D eigenvalue weighted by atomic mass is 10.2. The first kappa shape index (κ1) is 19.0. The lowest BCUT2D eigenvalue weighted by molar-refractivity contribution is -0.113. The van der Waals surface area contributed by atoms with Crippen LogP contribution in [0.15, 0.2) is 76.8 Å². The van der Waals surface area contributed by atoms with Crippen LogP contribution in [0.3, 0.4) is 0 Å². The van der Waals surface area contributed by atoms with Gasteiger partial charge in [-0.15, -0.1) is 0 Å². The van der Waals surface area contributed by atoms with Gasteiger partial charge in [-0.05, 0) is 43.3 Å². The third kappa shape index (κ3) is 4.67. The van der Waals surface area contributed by atoms with Crippen molar-refractivity contribution in [3.8, 4) is 5.75 Å². The van der Waals surface area contributed by atoms with Crippen molar-refractivity contribution in [2.24, 2.45) is 0 Å². The standard InChI is InChI=1S/C22H20N2O4/c1-15-12-13-17(28-15)14-19(24-21(25)16-8-4-3-5-9-16)22(26)23-18-10-6-7-11-20(18)27-2/h3-14H,1-2H3,(H,23,26)(H,24,25)/b19-14-. The van der Waals surface area contributed by atoms with Crippen molar-refractivity contribution >= 4 is 23.6 Å². The average molecular weight is 376 g/mol. The summed E-state index contributed by atoms with van der Waals surface area (Å²) in [6.07, 6.45) is 1.48. The largest absolute Gasteiger partial charge is 0.495 e. The molecule has 0 spiro atoms. The molecule has 1 heterocycles. The van der Waals surface area contributed by atoms with Crippen molar-refractivity contribution in [1.82, 2.24) is 5.32 Å². The highest BCUT2D eigenvalue weighted by atomic mass is 16.5. The van der Waals surface area contributed by atoms with E-state index in [-0.39, 0.29) is 5.70 Å². The number of aryl methyl sites for hydroxylation is 1. The fourth-order valence-electron chi connectivity index (χ4n) is 2.55. The van der Waals surface area contributed by atoms with Gasteiger partial charge in [0.25, 0.3) is 11.8 Å². The molecule has 6 nitrogen and oxygen atoms in total. The van der Waals surface area contributed by atoms with Crippen LogP contribution in [0.4, 0.5) is 5.69 Å². The summed E-state index contributed by atoms with van der Waals surface area (Å²) < 4.78 is 10.8. The van der Waals surface area contributed by atoms with Gasteiger partial charge in [-0.3, -0.25) is 9.59 Å². The van der Waals surface area contributed by atoms with Gasteiger partial charge in [-0.25, -0.2) is 0 Å². The molecule has 1 aromatic heterocycles. The number of rotatable bonds is 6. The van der Waals surface area contributed by atoms with E-state index in [2.05, 4.69) is 10.6 Å². The van der Waals surface area contributed by atoms with Gasteiger partial charge >= 0.3 is 0 Å². The molecule has 0 aliphatic carbocycles. The molecule has 0 fully saturated rings. The molecule has 0 atom stereocenters. The molecule has 142 valence electrons. The smallest absolute Gasteiger partial charge is 0.272 e.